The summed E-state index contributed by atoms with van der Waals surface area (Å²) in [5.74, 6) is 0. The van der Waals surface area contributed by atoms with Gasteiger partial charge in [-0.2, -0.15) is 4.31 Å². The van der Waals surface area contributed by atoms with Crippen molar-refractivity contribution in [3.63, 3.8) is 0 Å². The normalized spacial score (nSPS) is 14.3. The number of aliphatic hydroxyl groups is 2. The van der Waals surface area contributed by atoms with Crippen molar-refractivity contribution in [1.29, 1.82) is 0 Å². The molecule has 0 fully saturated rings. The number of nitro benzene ring substituents is 1. The predicted molar refractivity (Wildman–Crippen MR) is 161 cm³/mol. The van der Waals surface area contributed by atoms with Gasteiger partial charge in [-0.3, -0.25) is 10.1 Å². The van der Waals surface area contributed by atoms with E-state index in [0.29, 0.717) is 0 Å². The molecule has 0 saturated heterocycles. The van der Waals surface area contributed by atoms with E-state index in [0.717, 1.165) is 34.1 Å². The highest BCUT2D eigenvalue weighted by atomic mass is 32.2. The lowest BCUT2D eigenvalue weighted by Gasteiger charge is -2.32. The Morgan fingerprint density at radius 1 is 0.909 bits per heavy atom. The summed E-state index contributed by atoms with van der Waals surface area (Å²) < 4.78 is 39.0. The van der Waals surface area contributed by atoms with Gasteiger partial charge in [0.1, 0.15) is 11.2 Å². The molecule has 0 unspecified atom stereocenters. The fraction of sp³-hybridized carbons (Fsp3) is 0.517. The first-order valence-corrected chi connectivity index (χ1v) is 15.3. The molecule has 2 amide bonds. The zero-order valence-corrected chi connectivity index (χ0v) is 26.5. The van der Waals surface area contributed by atoms with Gasteiger partial charge in [0.25, 0.3) is 5.69 Å². The largest absolute Gasteiger partial charge is 0.444 e. The molecular formula is C29H42N4O10S. The standard InChI is InChI=1S/C29H42N4O10S/c1-28(2,3)42-26(36)30-21(19-34)17-32(44(40,41)23-14-12-22(13-15-23)33(38)39)18-25(35)24(16-20-10-8-7-9-11-20)31-27(37)43-29(4,5)6/h7-15,21,24-25,34-35H,16-19H2,1-6H3,(H,30,36)(H,31,37)/t21-,24+,25-/m1/s1. The molecule has 2 aromatic rings. The SMILES string of the molecule is CC(C)(C)OC(=O)N[C@@H](CO)CN(C[C@@H](O)[C@H](Cc1ccccc1)NC(=O)OC(C)(C)C)S(=O)(=O)c1ccc([N+](=O)[O-])cc1. The Balaban J connectivity index is 2.45. The zero-order chi connectivity index (χ0) is 33.3. The highest BCUT2D eigenvalue weighted by Crippen LogP contribution is 2.22. The molecule has 0 aliphatic heterocycles. The molecule has 0 aliphatic rings. The molecule has 244 valence electrons. The average molecular weight is 639 g/mol. The highest BCUT2D eigenvalue weighted by molar-refractivity contribution is 7.89. The third kappa shape index (κ3) is 12.1. The second-order valence-electron chi connectivity index (χ2n) is 12.1. The number of benzene rings is 2. The van der Waals surface area contributed by atoms with Gasteiger partial charge in [0.2, 0.25) is 10.0 Å². The quantitative estimate of drug-likeness (QED) is 0.187. The first-order valence-electron chi connectivity index (χ1n) is 13.9. The van der Waals surface area contributed by atoms with E-state index in [4.69, 9.17) is 9.47 Å². The minimum atomic E-state index is -4.47. The Hall–Kier alpha value is -3.79. The van der Waals surface area contributed by atoms with Crippen LogP contribution >= 0.6 is 0 Å². The van der Waals surface area contributed by atoms with Crippen molar-refractivity contribution in [2.24, 2.45) is 0 Å². The Morgan fingerprint density at radius 3 is 1.91 bits per heavy atom. The minimum Gasteiger partial charge on any atom is -0.444 e. The first kappa shape index (κ1) is 36.4. The van der Waals surface area contributed by atoms with Gasteiger partial charge in [0.05, 0.1) is 34.6 Å². The summed E-state index contributed by atoms with van der Waals surface area (Å²) in [6.45, 7) is 8.09. The van der Waals surface area contributed by atoms with Crippen molar-refractivity contribution in [2.75, 3.05) is 19.7 Å². The van der Waals surface area contributed by atoms with Crippen molar-refractivity contribution < 1.29 is 42.6 Å². The molecule has 4 N–H and O–H groups in total. The van der Waals surface area contributed by atoms with Crippen LogP contribution in [0.3, 0.4) is 0 Å². The molecule has 0 saturated carbocycles. The number of sulfonamides is 1. The van der Waals surface area contributed by atoms with Crippen LogP contribution in [-0.2, 0) is 25.9 Å². The smallest absolute Gasteiger partial charge is 0.407 e. The van der Waals surface area contributed by atoms with Gasteiger partial charge in [-0.15, -0.1) is 0 Å². The minimum absolute atomic E-state index is 0.103. The average Bonchev–Trinajstić information content (AvgIpc) is 2.90. The van der Waals surface area contributed by atoms with E-state index in [1.54, 1.807) is 71.9 Å². The number of ether oxygens (including phenoxy) is 2. The maximum Gasteiger partial charge on any atom is 0.407 e. The number of rotatable bonds is 13. The van der Waals surface area contributed by atoms with Crippen molar-refractivity contribution in [3.8, 4) is 0 Å². The Bertz CT molecular complexity index is 1360. The number of nitro groups is 1. The number of carbonyl (C=O) groups excluding carboxylic acids is 2. The van der Waals surface area contributed by atoms with Gasteiger partial charge in [-0.05, 0) is 65.7 Å². The van der Waals surface area contributed by atoms with Crippen molar-refractivity contribution >= 4 is 27.9 Å². The number of carbonyl (C=O) groups is 2. The fourth-order valence-electron chi connectivity index (χ4n) is 3.97. The number of aliphatic hydroxyl groups excluding tert-OH is 2. The Kier molecular flexibility index (Phi) is 12.6. The van der Waals surface area contributed by atoms with Crippen molar-refractivity contribution in [3.05, 3.63) is 70.3 Å². The summed E-state index contributed by atoms with van der Waals surface area (Å²) in [6.07, 6.45) is -3.15. The number of hydrogen-bond acceptors (Lipinski definition) is 10. The van der Waals surface area contributed by atoms with E-state index in [2.05, 4.69) is 10.6 Å². The number of non-ortho nitro benzene ring substituents is 1. The molecule has 44 heavy (non-hydrogen) atoms. The summed E-state index contributed by atoms with van der Waals surface area (Å²) in [7, 11) is -4.47. The highest BCUT2D eigenvalue weighted by Gasteiger charge is 2.34. The number of amides is 2. The number of hydrogen-bond donors (Lipinski definition) is 4. The number of nitrogens with zero attached hydrogens (tertiary/aromatic N) is 2. The zero-order valence-electron chi connectivity index (χ0n) is 25.7. The summed E-state index contributed by atoms with van der Waals surface area (Å²) in [4.78, 5) is 35.2. The van der Waals surface area contributed by atoms with E-state index in [1.165, 1.54) is 0 Å². The fourth-order valence-corrected chi connectivity index (χ4v) is 5.48. The lowest BCUT2D eigenvalue weighted by atomic mass is 10.0. The van der Waals surface area contributed by atoms with Crippen LogP contribution in [0.15, 0.2) is 59.5 Å². The first-order chi connectivity index (χ1) is 20.3. The van der Waals surface area contributed by atoms with Crippen molar-refractivity contribution in [1.82, 2.24) is 14.9 Å². The number of nitrogens with one attached hydrogen (secondary N) is 2. The molecule has 0 spiro atoms. The molecule has 14 nitrogen and oxygen atoms in total. The lowest BCUT2D eigenvalue weighted by Crippen LogP contribution is -2.54. The van der Waals surface area contributed by atoms with Crippen LogP contribution in [0.25, 0.3) is 0 Å². The molecule has 3 atom stereocenters. The second-order valence-corrected chi connectivity index (χ2v) is 14.0. The van der Waals surface area contributed by atoms with Crippen molar-refractivity contribution in [2.45, 2.75) is 82.2 Å². The van der Waals surface area contributed by atoms with E-state index in [1.807, 2.05) is 0 Å². The van der Waals surface area contributed by atoms with Crippen LogP contribution < -0.4 is 10.6 Å². The topological polar surface area (TPSA) is 198 Å². The van der Waals surface area contributed by atoms with Gasteiger partial charge in [-0.25, -0.2) is 18.0 Å². The van der Waals surface area contributed by atoms with E-state index < -0.39 is 76.2 Å². The van der Waals surface area contributed by atoms with E-state index in [9.17, 15) is 38.3 Å². The maximum absolute atomic E-state index is 13.8. The Morgan fingerprint density at radius 2 is 1.43 bits per heavy atom. The maximum atomic E-state index is 13.8. The van der Waals surface area contributed by atoms with Gasteiger partial charge < -0.3 is 30.3 Å². The van der Waals surface area contributed by atoms with Gasteiger partial charge in [0.15, 0.2) is 0 Å². The molecule has 0 radical (unpaired) electrons. The van der Waals surface area contributed by atoms with Crippen LogP contribution in [-0.4, -0.2) is 89.1 Å². The molecule has 2 aromatic carbocycles. The van der Waals surface area contributed by atoms with Crippen LogP contribution in [0.5, 0.6) is 0 Å². The van der Waals surface area contributed by atoms with E-state index in [-0.39, 0.29) is 17.0 Å². The number of alkyl carbamates (subject to hydrolysis) is 2. The third-order valence-corrected chi connectivity index (χ3v) is 7.75. The van der Waals surface area contributed by atoms with Crippen LogP contribution in [0.4, 0.5) is 15.3 Å². The third-order valence-electron chi connectivity index (χ3n) is 5.91. The van der Waals surface area contributed by atoms with Crippen LogP contribution in [0.1, 0.15) is 47.1 Å². The lowest BCUT2D eigenvalue weighted by molar-refractivity contribution is -0.384. The second kappa shape index (κ2) is 15.3. The molecule has 0 bridgehead atoms. The molecule has 15 heteroatoms. The molecule has 0 heterocycles. The molecule has 2 rings (SSSR count). The summed E-state index contributed by atoms with van der Waals surface area (Å²) >= 11 is 0. The summed E-state index contributed by atoms with van der Waals surface area (Å²) in [6, 6.07) is 10.8. The summed E-state index contributed by atoms with van der Waals surface area (Å²) in [5.41, 5.74) is -1.32. The molecular weight excluding hydrogens is 596 g/mol. The van der Waals surface area contributed by atoms with Gasteiger partial charge in [-0.1, -0.05) is 30.3 Å². The van der Waals surface area contributed by atoms with Gasteiger partial charge >= 0.3 is 12.2 Å². The predicted octanol–water partition coefficient (Wildman–Crippen LogP) is 2.97. The van der Waals surface area contributed by atoms with E-state index >= 15 is 0 Å². The summed E-state index contributed by atoms with van der Waals surface area (Å²) in [5, 5.41) is 37.6. The Labute approximate surface area is 257 Å². The molecule has 0 aliphatic carbocycles. The monoisotopic (exact) mass is 638 g/mol. The molecule has 0 aromatic heterocycles. The van der Waals surface area contributed by atoms with Crippen LogP contribution in [0, 0.1) is 10.1 Å². The van der Waals surface area contributed by atoms with Crippen LogP contribution in [0.2, 0.25) is 0 Å². The van der Waals surface area contributed by atoms with Gasteiger partial charge in [0, 0.05) is 25.2 Å².